The molecule has 6 rings (SSSR count). The fourth-order valence-corrected chi connectivity index (χ4v) is 4.31. The van der Waals surface area contributed by atoms with E-state index in [2.05, 4.69) is 0 Å². The smallest absolute Gasteiger partial charge is 0.266 e. The summed E-state index contributed by atoms with van der Waals surface area (Å²) in [7, 11) is 0. The van der Waals surface area contributed by atoms with Crippen LogP contribution in [0, 0.1) is 0 Å². The molecule has 6 aromatic rings. The lowest BCUT2D eigenvalue weighted by molar-refractivity contribution is 0.482. The highest BCUT2D eigenvalue weighted by Crippen LogP contribution is 2.22. The molecule has 7 nitrogen and oxygen atoms in total. The molecular formula is C28H16N2O5. The molecule has 0 saturated heterocycles. The van der Waals surface area contributed by atoms with E-state index in [0.29, 0.717) is 22.9 Å². The predicted molar refractivity (Wildman–Crippen MR) is 134 cm³/mol. The van der Waals surface area contributed by atoms with Crippen molar-refractivity contribution in [1.82, 2.24) is 9.13 Å². The van der Waals surface area contributed by atoms with Crippen molar-refractivity contribution in [3.8, 4) is 22.9 Å². The summed E-state index contributed by atoms with van der Waals surface area (Å²) in [5, 5.41) is 0.392. The Hall–Kier alpha value is -5.04. The van der Waals surface area contributed by atoms with Gasteiger partial charge < -0.3 is 4.74 Å². The predicted octanol–water partition coefficient (Wildman–Crippen LogP) is 3.68. The summed E-state index contributed by atoms with van der Waals surface area (Å²) in [6.07, 6.45) is 0. The van der Waals surface area contributed by atoms with Gasteiger partial charge in [0.2, 0.25) is 0 Å². The molecule has 0 atom stereocenters. The van der Waals surface area contributed by atoms with E-state index in [4.69, 9.17) is 4.74 Å². The molecule has 0 N–H and O–H groups in total. The zero-order valence-electron chi connectivity index (χ0n) is 18.2. The van der Waals surface area contributed by atoms with E-state index >= 15 is 0 Å². The van der Waals surface area contributed by atoms with Gasteiger partial charge in [-0.1, -0.05) is 36.4 Å². The topological polar surface area (TPSA) is 87.4 Å². The molecule has 2 heterocycles. The van der Waals surface area contributed by atoms with Crippen molar-refractivity contribution < 1.29 is 4.74 Å². The van der Waals surface area contributed by atoms with Crippen LogP contribution in [0.5, 0.6) is 11.5 Å². The molecule has 0 unspecified atom stereocenters. The van der Waals surface area contributed by atoms with Crippen LogP contribution in [-0.2, 0) is 0 Å². The SMILES string of the molecule is O=c1c2cc3c(=O)n(-c4ccc(Oc5ccccc5)cc4)c(=O)c3cc2c(=O)n1-c1ccccc1. The Balaban J connectivity index is 1.48. The van der Waals surface area contributed by atoms with E-state index in [-0.39, 0.29) is 21.5 Å². The van der Waals surface area contributed by atoms with Crippen molar-refractivity contribution in [3.05, 3.63) is 138 Å². The van der Waals surface area contributed by atoms with Crippen LogP contribution in [-0.4, -0.2) is 9.13 Å². The number of benzene rings is 4. The molecule has 0 aliphatic rings. The van der Waals surface area contributed by atoms with Gasteiger partial charge in [-0.25, -0.2) is 9.13 Å². The molecule has 168 valence electrons. The van der Waals surface area contributed by atoms with Crippen LogP contribution < -0.4 is 27.0 Å². The van der Waals surface area contributed by atoms with Gasteiger partial charge in [0.15, 0.2) is 0 Å². The molecule has 0 bridgehead atoms. The minimum Gasteiger partial charge on any atom is -0.457 e. The molecule has 2 aromatic heterocycles. The Kier molecular flexibility index (Phi) is 4.57. The molecule has 0 aliphatic carbocycles. The van der Waals surface area contributed by atoms with Crippen molar-refractivity contribution in [2.24, 2.45) is 0 Å². The minimum absolute atomic E-state index is 0.0921. The first-order valence-electron chi connectivity index (χ1n) is 10.9. The maximum absolute atomic E-state index is 13.2. The zero-order chi connectivity index (χ0) is 24.1. The molecule has 0 radical (unpaired) electrons. The van der Waals surface area contributed by atoms with Crippen molar-refractivity contribution in [2.75, 3.05) is 0 Å². The van der Waals surface area contributed by atoms with E-state index in [1.54, 1.807) is 54.6 Å². The average Bonchev–Trinajstić information content (AvgIpc) is 3.28. The molecule has 0 amide bonds. The first-order chi connectivity index (χ1) is 17.0. The third-order valence-corrected chi connectivity index (χ3v) is 5.98. The molecule has 35 heavy (non-hydrogen) atoms. The molecule has 0 aliphatic heterocycles. The van der Waals surface area contributed by atoms with Gasteiger partial charge in [-0.3, -0.25) is 19.2 Å². The van der Waals surface area contributed by atoms with E-state index in [1.807, 2.05) is 30.3 Å². The van der Waals surface area contributed by atoms with Crippen LogP contribution in [0.3, 0.4) is 0 Å². The van der Waals surface area contributed by atoms with E-state index in [1.165, 1.54) is 12.1 Å². The van der Waals surface area contributed by atoms with Gasteiger partial charge in [0.1, 0.15) is 11.5 Å². The lowest BCUT2D eigenvalue weighted by Gasteiger charge is -2.06. The largest absolute Gasteiger partial charge is 0.457 e. The zero-order valence-corrected chi connectivity index (χ0v) is 18.2. The number of hydrogen-bond acceptors (Lipinski definition) is 5. The molecule has 0 fully saturated rings. The summed E-state index contributed by atoms with van der Waals surface area (Å²) in [4.78, 5) is 52.4. The number of fused-ring (bicyclic) bond motifs is 2. The van der Waals surface area contributed by atoms with Crippen LogP contribution in [0.2, 0.25) is 0 Å². The van der Waals surface area contributed by atoms with Gasteiger partial charge in [-0.05, 0) is 60.7 Å². The second-order valence-electron chi connectivity index (χ2n) is 8.08. The second-order valence-corrected chi connectivity index (χ2v) is 8.08. The molecule has 0 spiro atoms. The maximum Gasteiger partial charge on any atom is 0.266 e. The van der Waals surface area contributed by atoms with Crippen LogP contribution in [0.4, 0.5) is 0 Å². The lowest BCUT2D eigenvalue weighted by atomic mass is 10.1. The number of aromatic nitrogens is 2. The second kappa shape index (κ2) is 7.78. The molecule has 4 aromatic carbocycles. The Morgan fingerprint density at radius 1 is 0.429 bits per heavy atom. The van der Waals surface area contributed by atoms with Crippen LogP contribution in [0.25, 0.3) is 32.9 Å². The van der Waals surface area contributed by atoms with Gasteiger partial charge in [0, 0.05) is 0 Å². The minimum atomic E-state index is -0.553. The van der Waals surface area contributed by atoms with Crippen molar-refractivity contribution in [1.29, 1.82) is 0 Å². The Morgan fingerprint density at radius 3 is 1.26 bits per heavy atom. The first kappa shape index (κ1) is 20.6. The highest BCUT2D eigenvalue weighted by Gasteiger charge is 2.20. The van der Waals surface area contributed by atoms with Gasteiger partial charge in [0.05, 0.1) is 32.9 Å². The monoisotopic (exact) mass is 460 g/mol. The summed E-state index contributed by atoms with van der Waals surface area (Å²) in [5.41, 5.74) is -1.37. The number of para-hydroxylation sites is 2. The molecule has 7 heteroatoms. The number of nitrogens with zero attached hydrogens (tertiary/aromatic N) is 2. The first-order valence-corrected chi connectivity index (χ1v) is 10.9. The van der Waals surface area contributed by atoms with Gasteiger partial charge in [-0.2, -0.15) is 0 Å². The Bertz CT molecular complexity index is 1850. The highest BCUT2D eigenvalue weighted by atomic mass is 16.5. The third kappa shape index (κ3) is 3.21. The van der Waals surface area contributed by atoms with Gasteiger partial charge >= 0.3 is 0 Å². The average molecular weight is 460 g/mol. The molecule has 0 saturated carbocycles. The highest BCUT2D eigenvalue weighted by molar-refractivity contribution is 5.98. The van der Waals surface area contributed by atoms with Crippen molar-refractivity contribution in [3.63, 3.8) is 0 Å². The van der Waals surface area contributed by atoms with Crippen molar-refractivity contribution >= 4 is 21.5 Å². The fourth-order valence-electron chi connectivity index (χ4n) is 4.31. The van der Waals surface area contributed by atoms with Crippen LogP contribution in [0.15, 0.2) is 116 Å². The molecular weight excluding hydrogens is 444 g/mol. The van der Waals surface area contributed by atoms with Crippen molar-refractivity contribution in [2.45, 2.75) is 0 Å². The summed E-state index contributed by atoms with van der Waals surface area (Å²) >= 11 is 0. The van der Waals surface area contributed by atoms with Crippen LogP contribution in [0.1, 0.15) is 0 Å². The summed E-state index contributed by atoms with van der Waals surface area (Å²) in [6, 6.07) is 27.0. The van der Waals surface area contributed by atoms with Crippen LogP contribution >= 0.6 is 0 Å². The summed E-state index contributed by atoms with van der Waals surface area (Å²) < 4.78 is 7.86. The Labute approximate surface area is 197 Å². The summed E-state index contributed by atoms with van der Waals surface area (Å²) in [5.74, 6) is 1.21. The van der Waals surface area contributed by atoms with Gasteiger partial charge in [0.25, 0.3) is 22.2 Å². The number of hydrogen-bond donors (Lipinski definition) is 0. The van der Waals surface area contributed by atoms with Gasteiger partial charge in [-0.15, -0.1) is 0 Å². The standard InChI is InChI=1S/C28H16N2O5/c31-25-21-15-23-24(16-22(21)26(32)29(25)17-7-3-1-4-8-17)28(34)30(27(23)33)18-11-13-20(14-12-18)35-19-9-5-2-6-10-19/h1-16H. The normalized spacial score (nSPS) is 11.3. The quantitative estimate of drug-likeness (QED) is 0.401. The van der Waals surface area contributed by atoms with E-state index in [9.17, 15) is 19.2 Å². The fraction of sp³-hybridized carbons (Fsp3) is 0. The summed E-state index contributed by atoms with van der Waals surface area (Å²) in [6.45, 7) is 0. The lowest BCUT2D eigenvalue weighted by Crippen LogP contribution is -2.24. The van der Waals surface area contributed by atoms with E-state index in [0.717, 1.165) is 9.13 Å². The number of ether oxygens (including phenoxy) is 1. The Morgan fingerprint density at radius 2 is 0.800 bits per heavy atom. The van der Waals surface area contributed by atoms with E-state index < -0.39 is 22.2 Å². The third-order valence-electron chi connectivity index (χ3n) is 5.98. The number of rotatable bonds is 4. The maximum atomic E-state index is 13.2.